The maximum atomic E-state index is 12.2. The lowest BCUT2D eigenvalue weighted by atomic mass is 10.0. The highest BCUT2D eigenvalue weighted by Crippen LogP contribution is 2.35. The van der Waals surface area contributed by atoms with E-state index in [1.807, 2.05) is 18.2 Å². The second-order valence-electron chi connectivity index (χ2n) is 7.55. The molecule has 31 heavy (non-hydrogen) atoms. The number of fused-ring (bicyclic) bond motifs is 1. The normalized spacial score (nSPS) is 16.4. The van der Waals surface area contributed by atoms with Crippen molar-refractivity contribution in [2.24, 2.45) is 0 Å². The van der Waals surface area contributed by atoms with Gasteiger partial charge in [0, 0.05) is 35.8 Å². The molecule has 1 aromatic heterocycles. The summed E-state index contributed by atoms with van der Waals surface area (Å²) in [6.45, 7) is 3.62. The molecule has 0 spiro atoms. The molecule has 1 aliphatic heterocycles. The van der Waals surface area contributed by atoms with Gasteiger partial charge in [0.2, 0.25) is 0 Å². The van der Waals surface area contributed by atoms with Crippen molar-refractivity contribution in [3.8, 4) is 5.75 Å². The molecular formula is C24H26N2O5. The molecule has 1 atom stereocenters. The minimum Gasteiger partial charge on any atom is -0.497 e. The number of carbonyl (C=O) groups excluding carboxylic acids is 1. The predicted octanol–water partition coefficient (Wildman–Crippen LogP) is 4.71. The molecule has 3 aromatic rings. The number of anilines is 1. The number of hydrogen-bond donors (Lipinski definition) is 1. The second-order valence-corrected chi connectivity index (χ2v) is 7.55. The zero-order valence-electron chi connectivity index (χ0n) is 17.7. The standard InChI is InChI=1S/C24H26N2O5/c1-3-30-24(28)25-18-8-11-20-17(13-23(27)31-22(20)14-18)15-26-12-4-5-21(26)16-6-9-19(29-2)10-7-16/h6-11,13-14,21H,3-5,12,15H2,1-2H3,(H,25,28). The van der Waals surface area contributed by atoms with Gasteiger partial charge >= 0.3 is 11.7 Å². The van der Waals surface area contributed by atoms with Crippen molar-refractivity contribution < 1.29 is 18.7 Å². The van der Waals surface area contributed by atoms with Crippen LogP contribution in [0.1, 0.15) is 36.9 Å². The molecule has 1 fully saturated rings. The molecule has 2 aromatic carbocycles. The summed E-state index contributed by atoms with van der Waals surface area (Å²) >= 11 is 0. The van der Waals surface area contributed by atoms with E-state index in [1.54, 1.807) is 32.2 Å². The molecule has 1 saturated heterocycles. The van der Waals surface area contributed by atoms with E-state index >= 15 is 0 Å². The fourth-order valence-corrected chi connectivity index (χ4v) is 4.16. The summed E-state index contributed by atoms with van der Waals surface area (Å²) in [5.74, 6) is 0.840. The molecule has 4 rings (SSSR count). The number of nitrogens with one attached hydrogen (secondary N) is 1. The number of rotatable bonds is 6. The summed E-state index contributed by atoms with van der Waals surface area (Å²) in [5, 5.41) is 3.50. The van der Waals surface area contributed by atoms with Gasteiger partial charge in [-0.1, -0.05) is 12.1 Å². The van der Waals surface area contributed by atoms with E-state index in [0.29, 0.717) is 17.8 Å². The largest absolute Gasteiger partial charge is 0.497 e. The first-order valence-electron chi connectivity index (χ1n) is 10.5. The van der Waals surface area contributed by atoms with Gasteiger partial charge in [0.1, 0.15) is 11.3 Å². The van der Waals surface area contributed by atoms with Gasteiger partial charge in [-0.15, -0.1) is 0 Å². The monoisotopic (exact) mass is 422 g/mol. The third-order valence-electron chi connectivity index (χ3n) is 5.59. The first kappa shape index (κ1) is 20.9. The van der Waals surface area contributed by atoms with Gasteiger partial charge in [-0.3, -0.25) is 10.2 Å². The first-order valence-corrected chi connectivity index (χ1v) is 10.5. The molecule has 1 unspecified atom stereocenters. The molecule has 0 aliphatic carbocycles. The zero-order chi connectivity index (χ0) is 21.8. The van der Waals surface area contributed by atoms with Crippen molar-refractivity contribution in [1.29, 1.82) is 0 Å². The SMILES string of the molecule is CCOC(=O)Nc1ccc2c(CN3CCCC3c3ccc(OC)cc3)cc(=O)oc2c1. The fraction of sp³-hybridized carbons (Fsp3) is 0.333. The Hall–Kier alpha value is -3.32. The Balaban J connectivity index is 1.59. The Morgan fingerprint density at radius 1 is 1.19 bits per heavy atom. The molecule has 2 heterocycles. The zero-order valence-corrected chi connectivity index (χ0v) is 17.7. The van der Waals surface area contributed by atoms with Crippen molar-refractivity contribution >= 4 is 22.7 Å². The number of ether oxygens (including phenoxy) is 2. The number of carbonyl (C=O) groups is 1. The van der Waals surface area contributed by atoms with Gasteiger partial charge < -0.3 is 13.9 Å². The lowest BCUT2D eigenvalue weighted by molar-refractivity contribution is 0.168. The highest BCUT2D eigenvalue weighted by Gasteiger charge is 2.26. The van der Waals surface area contributed by atoms with Gasteiger partial charge in [0.25, 0.3) is 0 Å². The molecule has 1 aliphatic rings. The van der Waals surface area contributed by atoms with E-state index < -0.39 is 11.7 Å². The highest BCUT2D eigenvalue weighted by atomic mass is 16.5. The van der Waals surface area contributed by atoms with Crippen molar-refractivity contribution in [2.75, 3.05) is 25.6 Å². The average molecular weight is 422 g/mol. The highest BCUT2D eigenvalue weighted by molar-refractivity contribution is 5.89. The first-order chi connectivity index (χ1) is 15.1. The van der Waals surface area contributed by atoms with Crippen molar-refractivity contribution in [2.45, 2.75) is 32.4 Å². The van der Waals surface area contributed by atoms with Crippen LogP contribution in [0.15, 0.2) is 57.7 Å². The van der Waals surface area contributed by atoms with Crippen LogP contribution in [0.5, 0.6) is 5.75 Å². The molecule has 0 radical (unpaired) electrons. The summed E-state index contributed by atoms with van der Waals surface area (Å²) in [5.41, 5.74) is 2.71. The molecule has 0 saturated carbocycles. The Kier molecular flexibility index (Phi) is 6.23. The molecule has 1 amide bonds. The second kappa shape index (κ2) is 9.22. The van der Waals surface area contributed by atoms with Crippen molar-refractivity contribution in [3.63, 3.8) is 0 Å². The van der Waals surface area contributed by atoms with E-state index in [2.05, 4.69) is 22.3 Å². The Labute approximate surface area is 180 Å². The smallest absolute Gasteiger partial charge is 0.411 e. The third-order valence-corrected chi connectivity index (χ3v) is 5.59. The Morgan fingerprint density at radius 2 is 2.00 bits per heavy atom. The summed E-state index contributed by atoms with van der Waals surface area (Å²) in [6, 6.07) is 15.3. The summed E-state index contributed by atoms with van der Waals surface area (Å²) in [7, 11) is 1.66. The van der Waals surface area contributed by atoms with Crippen LogP contribution < -0.4 is 15.7 Å². The van der Waals surface area contributed by atoms with Gasteiger partial charge in [0.05, 0.1) is 13.7 Å². The molecule has 0 bridgehead atoms. The number of amides is 1. The van der Waals surface area contributed by atoms with E-state index in [1.165, 1.54) is 5.56 Å². The number of nitrogens with zero attached hydrogens (tertiary/aromatic N) is 1. The van der Waals surface area contributed by atoms with Crippen LogP contribution in [-0.2, 0) is 11.3 Å². The quantitative estimate of drug-likeness (QED) is 0.580. The van der Waals surface area contributed by atoms with Crippen LogP contribution >= 0.6 is 0 Å². The van der Waals surface area contributed by atoms with Gasteiger partial charge in [-0.25, -0.2) is 9.59 Å². The molecule has 1 N–H and O–H groups in total. The van der Waals surface area contributed by atoms with Crippen LogP contribution in [0, 0.1) is 0 Å². The van der Waals surface area contributed by atoms with E-state index in [0.717, 1.165) is 36.1 Å². The van der Waals surface area contributed by atoms with Gasteiger partial charge in [-0.2, -0.15) is 0 Å². The fourth-order valence-electron chi connectivity index (χ4n) is 4.16. The molecule has 7 nitrogen and oxygen atoms in total. The maximum absolute atomic E-state index is 12.2. The average Bonchev–Trinajstić information content (AvgIpc) is 3.21. The van der Waals surface area contributed by atoms with E-state index in [-0.39, 0.29) is 12.6 Å². The van der Waals surface area contributed by atoms with Crippen LogP contribution in [0.25, 0.3) is 11.0 Å². The van der Waals surface area contributed by atoms with E-state index in [4.69, 9.17) is 13.9 Å². The number of hydrogen-bond acceptors (Lipinski definition) is 6. The van der Waals surface area contributed by atoms with Crippen molar-refractivity contribution in [1.82, 2.24) is 4.90 Å². The van der Waals surface area contributed by atoms with Crippen LogP contribution in [0.4, 0.5) is 10.5 Å². The topological polar surface area (TPSA) is 81.0 Å². The summed E-state index contributed by atoms with van der Waals surface area (Å²) in [6.07, 6.45) is 1.63. The lowest BCUT2D eigenvalue weighted by Crippen LogP contribution is -2.23. The third kappa shape index (κ3) is 4.72. The number of likely N-dealkylation sites (tertiary alicyclic amines) is 1. The van der Waals surface area contributed by atoms with Crippen molar-refractivity contribution in [3.05, 3.63) is 70.1 Å². The van der Waals surface area contributed by atoms with Crippen LogP contribution in [0.3, 0.4) is 0 Å². The summed E-state index contributed by atoms with van der Waals surface area (Å²) < 4.78 is 15.6. The molecule has 7 heteroatoms. The number of benzene rings is 2. The molecule has 162 valence electrons. The van der Waals surface area contributed by atoms with Crippen LogP contribution in [-0.4, -0.2) is 31.3 Å². The predicted molar refractivity (Wildman–Crippen MR) is 119 cm³/mol. The number of methoxy groups -OCH3 is 1. The molecular weight excluding hydrogens is 396 g/mol. The minimum absolute atomic E-state index is 0.282. The lowest BCUT2D eigenvalue weighted by Gasteiger charge is -2.25. The Bertz CT molecular complexity index is 1120. The van der Waals surface area contributed by atoms with Gasteiger partial charge in [-0.05, 0) is 61.7 Å². The maximum Gasteiger partial charge on any atom is 0.411 e. The minimum atomic E-state index is -0.542. The van der Waals surface area contributed by atoms with E-state index in [9.17, 15) is 9.59 Å². The van der Waals surface area contributed by atoms with Crippen LogP contribution in [0.2, 0.25) is 0 Å². The summed E-state index contributed by atoms with van der Waals surface area (Å²) in [4.78, 5) is 26.3. The van der Waals surface area contributed by atoms with Gasteiger partial charge in [0.15, 0.2) is 0 Å². The Morgan fingerprint density at radius 3 is 2.74 bits per heavy atom.